The second kappa shape index (κ2) is 9.25. The zero-order valence-corrected chi connectivity index (χ0v) is 21.1. The van der Waals surface area contributed by atoms with Crippen molar-refractivity contribution in [2.24, 2.45) is 5.92 Å². The van der Waals surface area contributed by atoms with E-state index in [-0.39, 0.29) is 24.2 Å². The van der Waals surface area contributed by atoms with Gasteiger partial charge in [-0.05, 0) is 70.0 Å². The summed E-state index contributed by atoms with van der Waals surface area (Å²) in [5.74, 6) is 0.560. The highest BCUT2D eigenvalue weighted by molar-refractivity contribution is 6.62. The van der Waals surface area contributed by atoms with Crippen molar-refractivity contribution in [2.75, 3.05) is 0 Å². The third kappa shape index (κ3) is 4.75. The van der Waals surface area contributed by atoms with Crippen molar-refractivity contribution in [1.29, 1.82) is 0 Å². The first kappa shape index (κ1) is 23.8. The molecule has 2 unspecified atom stereocenters. The molecule has 34 heavy (non-hydrogen) atoms. The Labute approximate surface area is 205 Å². The zero-order valence-electron chi connectivity index (χ0n) is 21.1. The smallest absolute Gasteiger partial charge is 0.399 e. The van der Waals surface area contributed by atoms with Crippen molar-refractivity contribution in [1.82, 2.24) is 4.90 Å². The van der Waals surface area contributed by atoms with E-state index in [4.69, 9.17) is 9.31 Å². The van der Waals surface area contributed by atoms with Crippen LogP contribution in [0.25, 0.3) is 0 Å². The highest BCUT2D eigenvalue weighted by atomic mass is 16.7. The van der Waals surface area contributed by atoms with Gasteiger partial charge in [-0.25, -0.2) is 0 Å². The number of rotatable bonds is 6. The van der Waals surface area contributed by atoms with E-state index in [0.29, 0.717) is 24.3 Å². The summed E-state index contributed by atoms with van der Waals surface area (Å²) in [7, 11) is -0.388. The molecule has 0 radical (unpaired) electrons. The lowest BCUT2D eigenvalue weighted by Crippen LogP contribution is -2.52. The molecule has 0 aliphatic carbocycles. The van der Waals surface area contributed by atoms with Gasteiger partial charge in [-0.2, -0.15) is 0 Å². The summed E-state index contributed by atoms with van der Waals surface area (Å²) in [6.45, 7) is 9.29. The number of Topliss-reactive ketones (excluding diaryl/α,β-unsaturated/α-hetero) is 1. The Morgan fingerprint density at radius 3 is 2.18 bits per heavy atom. The van der Waals surface area contributed by atoms with E-state index >= 15 is 0 Å². The monoisotopic (exact) mass is 459 g/mol. The minimum Gasteiger partial charge on any atom is -0.399 e. The van der Waals surface area contributed by atoms with Crippen LogP contribution in [0.2, 0.25) is 0 Å². The van der Waals surface area contributed by atoms with Gasteiger partial charge < -0.3 is 9.31 Å². The molecular formula is C29H38BNO3. The lowest BCUT2D eigenvalue weighted by Gasteiger charge is -2.48. The van der Waals surface area contributed by atoms with E-state index in [1.807, 2.05) is 12.1 Å². The van der Waals surface area contributed by atoms with E-state index in [9.17, 15) is 4.79 Å². The maximum atomic E-state index is 13.4. The molecule has 3 saturated heterocycles. The number of fused-ring (bicyclic) bond motifs is 2. The Morgan fingerprint density at radius 1 is 0.912 bits per heavy atom. The Bertz CT molecular complexity index is 991. The molecule has 2 atom stereocenters. The van der Waals surface area contributed by atoms with E-state index in [2.05, 4.69) is 75.1 Å². The van der Waals surface area contributed by atoms with Gasteiger partial charge >= 0.3 is 7.12 Å². The average Bonchev–Trinajstić information content (AvgIpc) is 3.01. The molecule has 3 fully saturated rings. The minimum atomic E-state index is -0.388. The molecule has 3 aliphatic heterocycles. The lowest BCUT2D eigenvalue weighted by atomic mass is 9.75. The van der Waals surface area contributed by atoms with Crippen LogP contribution in [0.1, 0.15) is 70.9 Å². The normalized spacial score (nSPS) is 28.1. The number of nitrogens with zero attached hydrogens (tertiary/aromatic N) is 1. The number of ketones is 1. The van der Waals surface area contributed by atoms with Crippen LogP contribution in [0.4, 0.5) is 0 Å². The van der Waals surface area contributed by atoms with Gasteiger partial charge in [-0.15, -0.1) is 0 Å². The fourth-order valence-electron chi connectivity index (χ4n) is 5.97. The van der Waals surface area contributed by atoms with Gasteiger partial charge in [-0.1, -0.05) is 61.0 Å². The average molecular weight is 459 g/mol. The summed E-state index contributed by atoms with van der Waals surface area (Å²) in [5, 5.41) is 0. The van der Waals surface area contributed by atoms with Crippen molar-refractivity contribution < 1.29 is 14.1 Å². The lowest BCUT2D eigenvalue weighted by molar-refractivity contribution is -0.126. The first-order valence-corrected chi connectivity index (χ1v) is 13.0. The van der Waals surface area contributed by atoms with Crippen molar-refractivity contribution in [2.45, 2.75) is 96.1 Å². The topological polar surface area (TPSA) is 38.8 Å². The van der Waals surface area contributed by atoms with Crippen LogP contribution < -0.4 is 5.46 Å². The van der Waals surface area contributed by atoms with Crippen molar-refractivity contribution in [3.8, 4) is 0 Å². The largest absolute Gasteiger partial charge is 0.494 e. The van der Waals surface area contributed by atoms with Crippen molar-refractivity contribution >= 4 is 18.4 Å². The molecule has 0 N–H and O–H groups in total. The SMILES string of the molecule is CC1(C)OB(c2cccc(CC(=O)C3CC4CCCC(C3)N4Cc3ccccc3)c2)OC1(C)C. The fraction of sp³-hybridized carbons (Fsp3) is 0.552. The molecule has 5 heteroatoms. The predicted octanol–water partition coefficient (Wildman–Crippen LogP) is 4.93. The van der Waals surface area contributed by atoms with Crippen LogP contribution in [0.3, 0.4) is 0 Å². The molecule has 0 saturated carbocycles. The molecule has 180 valence electrons. The van der Waals surface area contributed by atoms with Crippen molar-refractivity contribution in [3.05, 3.63) is 65.7 Å². The Hall–Kier alpha value is -1.95. The van der Waals surface area contributed by atoms with Gasteiger partial charge in [0.2, 0.25) is 0 Å². The molecule has 4 nitrogen and oxygen atoms in total. The zero-order chi connectivity index (χ0) is 23.9. The van der Waals surface area contributed by atoms with E-state index in [1.54, 1.807) is 0 Å². The molecule has 0 aromatic heterocycles. The highest BCUT2D eigenvalue weighted by Crippen LogP contribution is 2.39. The number of benzene rings is 2. The van der Waals surface area contributed by atoms with E-state index in [1.165, 1.54) is 24.8 Å². The Kier molecular flexibility index (Phi) is 6.47. The van der Waals surface area contributed by atoms with Gasteiger partial charge in [0.05, 0.1) is 11.2 Å². The first-order valence-electron chi connectivity index (χ1n) is 13.0. The quantitative estimate of drug-likeness (QED) is 0.575. The molecule has 3 aliphatic rings. The fourth-order valence-corrected chi connectivity index (χ4v) is 5.97. The van der Waals surface area contributed by atoms with Crippen LogP contribution in [-0.4, -0.2) is 41.1 Å². The van der Waals surface area contributed by atoms with Gasteiger partial charge in [0.15, 0.2) is 0 Å². The van der Waals surface area contributed by atoms with Crippen LogP contribution >= 0.6 is 0 Å². The maximum Gasteiger partial charge on any atom is 0.494 e. The summed E-state index contributed by atoms with van der Waals surface area (Å²) >= 11 is 0. The summed E-state index contributed by atoms with van der Waals surface area (Å²) < 4.78 is 12.4. The number of hydrogen-bond acceptors (Lipinski definition) is 4. The molecule has 3 heterocycles. The van der Waals surface area contributed by atoms with Crippen LogP contribution in [0.5, 0.6) is 0 Å². The molecule has 0 spiro atoms. The standard InChI is InChI=1S/C29H38BNO3/c1-28(2)29(3,4)34-30(33-28)24-13-8-12-22(16-24)17-27(32)23-18-25-14-9-15-26(19-23)31(25)20-21-10-6-5-7-11-21/h5-8,10-13,16,23,25-26H,9,14-15,17-20H2,1-4H3. The maximum absolute atomic E-state index is 13.4. The third-order valence-corrected chi connectivity index (χ3v) is 8.64. The van der Waals surface area contributed by atoms with Gasteiger partial charge in [0.25, 0.3) is 0 Å². The van der Waals surface area contributed by atoms with Gasteiger partial charge in [-0.3, -0.25) is 9.69 Å². The second-order valence-corrected chi connectivity index (χ2v) is 11.5. The number of hydrogen-bond donors (Lipinski definition) is 0. The van der Waals surface area contributed by atoms with Crippen LogP contribution in [0.15, 0.2) is 54.6 Å². The molecule has 2 bridgehead atoms. The summed E-state index contributed by atoms with van der Waals surface area (Å²) in [6, 6.07) is 20.1. The third-order valence-electron chi connectivity index (χ3n) is 8.64. The number of carbonyl (C=O) groups excluding carboxylic acids is 1. The Morgan fingerprint density at radius 2 is 1.53 bits per heavy atom. The summed E-state index contributed by atoms with van der Waals surface area (Å²) in [5.41, 5.74) is 2.71. The molecule has 2 aromatic rings. The predicted molar refractivity (Wildman–Crippen MR) is 137 cm³/mol. The van der Waals surface area contributed by atoms with Gasteiger partial charge in [0.1, 0.15) is 5.78 Å². The van der Waals surface area contributed by atoms with Gasteiger partial charge in [0, 0.05) is 31.0 Å². The number of carbonyl (C=O) groups is 1. The highest BCUT2D eigenvalue weighted by Gasteiger charge is 2.51. The van der Waals surface area contributed by atoms with E-state index < -0.39 is 0 Å². The van der Waals surface area contributed by atoms with Crippen LogP contribution in [0, 0.1) is 5.92 Å². The molecular weight excluding hydrogens is 421 g/mol. The summed E-state index contributed by atoms with van der Waals surface area (Å²) in [6.07, 6.45) is 6.21. The summed E-state index contributed by atoms with van der Waals surface area (Å²) in [4.78, 5) is 16.1. The minimum absolute atomic E-state index is 0.169. The molecule has 0 amide bonds. The molecule has 5 rings (SSSR count). The van der Waals surface area contributed by atoms with Crippen molar-refractivity contribution in [3.63, 3.8) is 0 Å². The number of piperidine rings is 2. The molecule has 2 aromatic carbocycles. The Balaban J connectivity index is 1.24. The van der Waals surface area contributed by atoms with E-state index in [0.717, 1.165) is 30.4 Å². The second-order valence-electron chi connectivity index (χ2n) is 11.5. The first-order chi connectivity index (χ1) is 16.2. The van der Waals surface area contributed by atoms with Crippen LogP contribution in [-0.2, 0) is 27.1 Å².